The largest absolute Gasteiger partial charge is 0.396 e. The molecule has 1 N–H and O–H groups in total. The predicted molar refractivity (Wildman–Crippen MR) is 38.1 cm³/mol. The molecule has 0 aromatic rings. The highest BCUT2D eigenvalue weighted by Gasteiger charge is 2.28. The van der Waals surface area contributed by atoms with E-state index in [0.29, 0.717) is 12.5 Å². The third-order valence-corrected chi connectivity index (χ3v) is 2.75. The second-order valence-electron chi connectivity index (χ2n) is 3.38. The SMILES string of the molecule is CC1CC[C@@H](C)C1CO. The Morgan fingerprint density at radius 2 is 1.67 bits per heavy atom. The Morgan fingerprint density at radius 1 is 1.22 bits per heavy atom. The Kier molecular flexibility index (Phi) is 2.12. The molecule has 0 radical (unpaired) electrons. The van der Waals surface area contributed by atoms with Crippen molar-refractivity contribution >= 4 is 0 Å². The summed E-state index contributed by atoms with van der Waals surface area (Å²) in [6, 6.07) is 0. The highest BCUT2D eigenvalue weighted by molar-refractivity contribution is 4.78. The van der Waals surface area contributed by atoms with Crippen molar-refractivity contribution in [3.8, 4) is 0 Å². The van der Waals surface area contributed by atoms with Crippen LogP contribution < -0.4 is 0 Å². The van der Waals surface area contributed by atoms with E-state index < -0.39 is 0 Å². The molecule has 3 atom stereocenters. The zero-order valence-electron chi connectivity index (χ0n) is 6.30. The molecule has 0 aromatic carbocycles. The number of aliphatic hydroxyl groups is 1. The molecule has 1 nitrogen and oxygen atoms in total. The molecule has 0 amide bonds. The second-order valence-corrected chi connectivity index (χ2v) is 3.38. The van der Waals surface area contributed by atoms with Gasteiger partial charge in [-0.1, -0.05) is 26.7 Å². The third kappa shape index (κ3) is 1.26. The van der Waals surface area contributed by atoms with Gasteiger partial charge in [0.2, 0.25) is 0 Å². The van der Waals surface area contributed by atoms with Crippen LogP contribution in [0.5, 0.6) is 0 Å². The van der Waals surface area contributed by atoms with Crippen molar-refractivity contribution < 1.29 is 5.11 Å². The topological polar surface area (TPSA) is 20.2 Å². The van der Waals surface area contributed by atoms with Gasteiger partial charge in [-0.05, 0) is 17.8 Å². The Labute approximate surface area is 57.1 Å². The molecule has 1 rings (SSSR count). The molecule has 0 spiro atoms. The molecular formula is C8H16O. The first kappa shape index (κ1) is 7.07. The molecule has 1 saturated carbocycles. The minimum absolute atomic E-state index is 0.391. The zero-order chi connectivity index (χ0) is 6.85. The summed E-state index contributed by atoms with van der Waals surface area (Å²) in [5.41, 5.74) is 0. The molecule has 0 aromatic heterocycles. The van der Waals surface area contributed by atoms with Gasteiger partial charge in [-0.2, -0.15) is 0 Å². The van der Waals surface area contributed by atoms with Gasteiger partial charge in [0, 0.05) is 6.61 Å². The van der Waals surface area contributed by atoms with Crippen molar-refractivity contribution in [1.82, 2.24) is 0 Å². The lowest BCUT2D eigenvalue weighted by Gasteiger charge is -2.15. The van der Waals surface area contributed by atoms with Crippen molar-refractivity contribution in [2.24, 2.45) is 17.8 Å². The molecule has 2 unspecified atom stereocenters. The summed E-state index contributed by atoms with van der Waals surface area (Å²) < 4.78 is 0. The fourth-order valence-electron chi connectivity index (χ4n) is 1.87. The van der Waals surface area contributed by atoms with E-state index in [-0.39, 0.29) is 0 Å². The second kappa shape index (κ2) is 2.70. The minimum Gasteiger partial charge on any atom is -0.396 e. The van der Waals surface area contributed by atoms with Gasteiger partial charge in [-0.15, -0.1) is 0 Å². The molecule has 1 aliphatic rings. The number of aliphatic hydroxyl groups excluding tert-OH is 1. The van der Waals surface area contributed by atoms with Crippen LogP contribution in [0.3, 0.4) is 0 Å². The summed E-state index contributed by atoms with van der Waals surface area (Å²) >= 11 is 0. The van der Waals surface area contributed by atoms with Crippen LogP contribution in [0, 0.1) is 17.8 Å². The highest BCUT2D eigenvalue weighted by Crippen LogP contribution is 2.35. The van der Waals surface area contributed by atoms with Crippen LogP contribution in [0.25, 0.3) is 0 Å². The van der Waals surface area contributed by atoms with Gasteiger partial charge >= 0.3 is 0 Å². The summed E-state index contributed by atoms with van der Waals surface area (Å²) in [4.78, 5) is 0. The van der Waals surface area contributed by atoms with Crippen LogP contribution in [-0.4, -0.2) is 11.7 Å². The van der Waals surface area contributed by atoms with Crippen LogP contribution in [0.1, 0.15) is 26.7 Å². The lowest BCUT2D eigenvalue weighted by atomic mass is 9.93. The van der Waals surface area contributed by atoms with Crippen molar-refractivity contribution in [1.29, 1.82) is 0 Å². The molecule has 1 fully saturated rings. The van der Waals surface area contributed by atoms with E-state index in [1.807, 2.05) is 0 Å². The molecule has 0 heterocycles. The average Bonchev–Trinajstić information content (AvgIpc) is 2.12. The van der Waals surface area contributed by atoms with E-state index in [4.69, 9.17) is 5.11 Å². The summed E-state index contributed by atoms with van der Waals surface area (Å²) in [5.74, 6) is 2.10. The molecule has 0 bridgehead atoms. The molecular weight excluding hydrogens is 112 g/mol. The molecule has 54 valence electrons. The molecule has 1 heteroatoms. The van der Waals surface area contributed by atoms with Gasteiger partial charge in [-0.3, -0.25) is 0 Å². The van der Waals surface area contributed by atoms with E-state index >= 15 is 0 Å². The van der Waals surface area contributed by atoms with Crippen molar-refractivity contribution in [2.45, 2.75) is 26.7 Å². The van der Waals surface area contributed by atoms with Gasteiger partial charge in [0.15, 0.2) is 0 Å². The van der Waals surface area contributed by atoms with Crippen LogP contribution in [-0.2, 0) is 0 Å². The summed E-state index contributed by atoms with van der Waals surface area (Å²) in [6.45, 7) is 4.87. The Hall–Kier alpha value is -0.0400. The number of hydrogen-bond acceptors (Lipinski definition) is 1. The van der Waals surface area contributed by atoms with Crippen LogP contribution in [0.2, 0.25) is 0 Å². The van der Waals surface area contributed by atoms with E-state index in [1.54, 1.807) is 0 Å². The van der Waals surface area contributed by atoms with Crippen molar-refractivity contribution in [3.05, 3.63) is 0 Å². The molecule has 1 aliphatic carbocycles. The molecule has 0 saturated heterocycles. The van der Waals surface area contributed by atoms with Crippen LogP contribution in [0.15, 0.2) is 0 Å². The Bertz CT molecular complexity index is 80.6. The quantitative estimate of drug-likeness (QED) is 0.569. The summed E-state index contributed by atoms with van der Waals surface area (Å²) in [6.07, 6.45) is 2.62. The highest BCUT2D eigenvalue weighted by atomic mass is 16.3. The van der Waals surface area contributed by atoms with E-state index in [2.05, 4.69) is 13.8 Å². The maximum absolute atomic E-state index is 8.91. The van der Waals surface area contributed by atoms with E-state index in [1.165, 1.54) is 12.8 Å². The normalized spacial score (nSPS) is 43.7. The zero-order valence-corrected chi connectivity index (χ0v) is 6.30. The predicted octanol–water partition coefficient (Wildman–Crippen LogP) is 1.66. The first-order chi connectivity index (χ1) is 4.25. The summed E-state index contributed by atoms with van der Waals surface area (Å²) in [7, 11) is 0. The smallest absolute Gasteiger partial charge is 0.0464 e. The summed E-state index contributed by atoms with van der Waals surface area (Å²) in [5, 5.41) is 8.91. The maximum Gasteiger partial charge on any atom is 0.0464 e. The van der Waals surface area contributed by atoms with Gasteiger partial charge in [0.05, 0.1) is 0 Å². The first-order valence-corrected chi connectivity index (χ1v) is 3.86. The van der Waals surface area contributed by atoms with Crippen molar-refractivity contribution in [3.63, 3.8) is 0 Å². The van der Waals surface area contributed by atoms with E-state index in [9.17, 15) is 0 Å². The van der Waals surface area contributed by atoms with Crippen LogP contribution >= 0.6 is 0 Å². The monoisotopic (exact) mass is 128 g/mol. The first-order valence-electron chi connectivity index (χ1n) is 3.86. The third-order valence-electron chi connectivity index (χ3n) is 2.75. The Balaban J connectivity index is 2.44. The average molecular weight is 128 g/mol. The Morgan fingerprint density at radius 3 is 1.89 bits per heavy atom. The fourth-order valence-corrected chi connectivity index (χ4v) is 1.87. The van der Waals surface area contributed by atoms with Crippen LogP contribution in [0.4, 0.5) is 0 Å². The van der Waals surface area contributed by atoms with Crippen molar-refractivity contribution in [2.75, 3.05) is 6.61 Å². The van der Waals surface area contributed by atoms with Gasteiger partial charge in [-0.25, -0.2) is 0 Å². The van der Waals surface area contributed by atoms with E-state index in [0.717, 1.165) is 11.8 Å². The fraction of sp³-hybridized carbons (Fsp3) is 1.00. The molecule has 0 aliphatic heterocycles. The van der Waals surface area contributed by atoms with Gasteiger partial charge < -0.3 is 5.11 Å². The molecule has 9 heavy (non-hydrogen) atoms. The lowest BCUT2D eigenvalue weighted by molar-refractivity contribution is 0.173. The standard InChI is InChI=1S/C8H16O/c1-6-3-4-7(2)8(6)5-9/h6-9H,3-5H2,1-2H3/t6-,7?,8?/m1/s1. The lowest BCUT2D eigenvalue weighted by Crippen LogP contribution is -2.14. The maximum atomic E-state index is 8.91. The van der Waals surface area contributed by atoms with Gasteiger partial charge in [0.25, 0.3) is 0 Å². The van der Waals surface area contributed by atoms with Gasteiger partial charge in [0.1, 0.15) is 0 Å². The minimum atomic E-state index is 0.391. The number of hydrogen-bond donors (Lipinski definition) is 1. The number of rotatable bonds is 1.